The van der Waals surface area contributed by atoms with Crippen molar-refractivity contribution in [1.82, 2.24) is 16.0 Å². The SMILES string of the molecule is O=C(O)C(Cc1cccc(COc2cc(OCc3cccc(CC(C(=O)O)C4CCNC4)c3)cc(OCc3cccc(CC(C(=O)O)C4CCNC4)c3)c2)c1)C1CCNC1. The number of hydrogen-bond acceptors (Lipinski definition) is 9. The van der Waals surface area contributed by atoms with Gasteiger partial charge in [-0.15, -0.1) is 0 Å². The van der Waals surface area contributed by atoms with Crippen molar-refractivity contribution in [2.45, 2.75) is 58.3 Å². The maximum atomic E-state index is 12.2. The smallest absolute Gasteiger partial charge is 0.307 e. The molecule has 12 heteroatoms. The zero-order chi connectivity index (χ0) is 41.8. The van der Waals surface area contributed by atoms with Crippen molar-refractivity contribution in [3.05, 3.63) is 124 Å². The molecular formula is C48H57N3O9. The first-order valence-corrected chi connectivity index (χ1v) is 21.2. The topological polar surface area (TPSA) is 176 Å². The van der Waals surface area contributed by atoms with Gasteiger partial charge in [-0.3, -0.25) is 14.4 Å². The second-order valence-corrected chi connectivity index (χ2v) is 16.7. The number of carboxylic acids is 3. The molecular weight excluding hydrogens is 763 g/mol. The molecule has 0 aromatic heterocycles. The molecule has 6 unspecified atom stereocenters. The predicted molar refractivity (Wildman–Crippen MR) is 226 cm³/mol. The second-order valence-electron chi connectivity index (χ2n) is 16.7. The molecule has 60 heavy (non-hydrogen) atoms. The molecule has 6 N–H and O–H groups in total. The first kappa shape index (κ1) is 42.7. The van der Waals surface area contributed by atoms with Crippen LogP contribution in [0.15, 0.2) is 91.0 Å². The maximum Gasteiger partial charge on any atom is 0.307 e. The van der Waals surface area contributed by atoms with Gasteiger partial charge in [-0.1, -0.05) is 72.8 Å². The highest BCUT2D eigenvalue weighted by Crippen LogP contribution is 2.32. The van der Waals surface area contributed by atoms with Gasteiger partial charge in [0.1, 0.15) is 37.1 Å². The Balaban J connectivity index is 1.05. The van der Waals surface area contributed by atoms with Crippen molar-refractivity contribution in [3.8, 4) is 17.2 Å². The third kappa shape index (κ3) is 11.9. The van der Waals surface area contributed by atoms with Crippen LogP contribution in [0.2, 0.25) is 0 Å². The highest BCUT2D eigenvalue weighted by molar-refractivity contribution is 5.72. The zero-order valence-electron chi connectivity index (χ0n) is 34.0. The highest BCUT2D eigenvalue weighted by Gasteiger charge is 2.32. The lowest BCUT2D eigenvalue weighted by molar-refractivity contribution is -0.144. The van der Waals surface area contributed by atoms with Crippen LogP contribution in [0.1, 0.15) is 52.6 Å². The molecule has 0 amide bonds. The molecule has 318 valence electrons. The lowest BCUT2D eigenvalue weighted by Gasteiger charge is -2.19. The molecule has 7 rings (SSSR count). The van der Waals surface area contributed by atoms with E-state index in [1.807, 2.05) is 91.0 Å². The Morgan fingerprint density at radius 2 is 0.750 bits per heavy atom. The molecule has 0 spiro atoms. The average Bonchev–Trinajstić information content (AvgIpc) is 4.08. The van der Waals surface area contributed by atoms with Crippen molar-refractivity contribution in [2.24, 2.45) is 35.5 Å². The van der Waals surface area contributed by atoms with Crippen LogP contribution in [0.5, 0.6) is 17.2 Å². The zero-order valence-corrected chi connectivity index (χ0v) is 34.0. The van der Waals surface area contributed by atoms with Gasteiger partial charge in [0.2, 0.25) is 0 Å². The number of nitrogens with one attached hydrogen (secondary N) is 3. The lowest BCUT2D eigenvalue weighted by atomic mass is 9.86. The third-order valence-corrected chi connectivity index (χ3v) is 12.4. The Morgan fingerprint density at radius 3 is 1.00 bits per heavy atom. The third-order valence-electron chi connectivity index (χ3n) is 12.4. The molecule has 3 aliphatic heterocycles. The van der Waals surface area contributed by atoms with Crippen molar-refractivity contribution >= 4 is 17.9 Å². The Hall–Kier alpha value is -5.43. The summed E-state index contributed by atoms with van der Waals surface area (Å²) in [6, 6.07) is 29.0. The summed E-state index contributed by atoms with van der Waals surface area (Å²) in [5.74, 6) is -1.82. The summed E-state index contributed by atoms with van der Waals surface area (Å²) in [5, 5.41) is 39.8. The molecule has 3 saturated heterocycles. The number of carbonyl (C=O) groups is 3. The molecule has 6 atom stereocenters. The van der Waals surface area contributed by atoms with Gasteiger partial charge in [0, 0.05) is 18.2 Å². The fourth-order valence-corrected chi connectivity index (χ4v) is 9.02. The van der Waals surface area contributed by atoms with Crippen LogP contribution in [-0.2, 0) is 53.5 Å². The van der Waals surface area contributed by atoms with E-state index in [0.717, 1.165) is 72.3 Å². The van der Waals surface area contributed by atoms with Crippen molar-refractivity contribution in [2.75, 3.05) is 39.3 Å². The van der Waals surface area contributed by atoms with Gasteiger partial charge in [-0.25, -0.2) is 0 Å². The molecule has 3 fully saturated rings. The standard InChI is InChI=1S/C48H57N3O9/c52-46(53)43(37-10-13-49-25-37)19-31-4-1-7-34(16-31)28-58-40-22-41(59-29-35-8-2-5-32(17-35)20-44(47(54)55)38-11-14-50-26-38)24-42(23-40)60-30-36-9-3-6-33(18-36)21-45(48(56)57)39-12-15-51-27-39/h1-9,16-18,22-24,37-39,43-45,49-51H,10-15,19-21,25-30H2,(H,52,53)(H,54,55)(H,56,57). The number of aliphatic carboxylic acids is 3. The Bertz CT molecular complexity index is 1830. The molecule has 0 saturated carbocycles. The summed E-state index contributed by atoms with van der Waals surface area (Å²) in [6.07, 6.45) is 3.90. The lowest BCUT2D eigenvalue weighted by Crippen LogP contribution is -2.27. The number of carboxylic acid groups (broad SMARTS) is 3. The van der Waals surface area contributed by atoms with E-state index in [9.17, 15) is 29.7 Å². The largest absolute Gasteiger partial charge is 0.489 e. The molecule has 12 nitrogen and oxygen atoms in total. The van der Waals surface area contributed by atoms with Gasteiger partial charge in [-0.05, 0) is 129 Å². The van der Waals surface area contributed by atoms with Gasteiger partial charge in [0.05, 0.1) is 17.8 Å². The number of hydrogen-bond donors (Lipinski definition) is 6. The van der Waals surface area contributed by atoms with Gasteiger partial charge in [-0.2, -0.15) is 0 Å². The minimum Gasteiger partial charge on any atom is -0.489 e. The van der Waals surface area contributed by atoms with Crippen LogP contribution in [-0.4, -0.2) is 72.5 Å². The fraction of sp³-hybridized carbons (Fsp3) is 0.438. The molecule has 0 aliphatic carbocycles. The number of benzene rings is 4. The van der Waals surface area contributed by atoms with Crippen molar-refractivity contribution in [3.63, 3.8) is 0 Å². The van der Waals surface area contributed by atoms with E-state index in [4.69, 9.17) is 14.2 Å². The Labute approximate surface area is 351 Å². The van der Waals surface area contributed by atoms with Crippen molar-refractivity contribution in [1.29, 1.82) is 0 Å². The minimum atomic E-state index is -0.773. The minimum absolute atomic E-state index is 0.0979. The normalized spacial score (nSPS) is 20.3. The summed E-state index contributed by atoms with van der Waals surface area (Å²) in [4.78, 5) is 36.5. The molecule has 3 heterocycles. The van der Waals surface area contributed by atoms with Crippen LogP contribution >= 0.6 is 0 Å². The predicted octanol–water partition coefficient (Wildman–Crippen LogP) is 5.98. The van der Waals surface area contributed by atoms with Crippen LogP contribution in [0.25, 0.3) is 0 Å². The monoisotopic (exact) mass is 819 g/mol. The van der Waals surface area contributed by atoms with E-state index in [1.54, 1.807) is 0 Å². The molecule has 0 bridgehead atoms. The maximum absolute atomic E-state index is 12.2. The van der Waals surface area contributed by atoms with Crippen molar-refractivity contribution < 1.29 is 43.9 Å². The molecule has 4 aromatic carbocycles. The number of ether oxygens (including phenoxy) is 3. The fourth-order valence-electron chi connectivity index (χ4n) is 9.02. The average molecular weight is 820 g/mol. The summed E-state index contributed by atoms with van der Waals surface area (Å²) in [7, 11) is 0. The summed E-state index contributed by atoms with van der Waals surface area (Å²) >= 11 is 0. The van der Waals surface area contributed by atoms with Crippen LogP contribution in [0.3, 0.4) is 0 Å². The second kappa shape index (κ2) is 20.7. The Morgan fingerprint density at radius 1 is 0.467 bits per heavy atom. The van der Waals surface area contributed by atoms with E-state index in [1.165, 1.54) is 0 Å². The van der Waals surface area contributed by atoms with Gasteiger partial charge < -0.3 is 45.5 Å². The summed E-state index contributed by atoms with van der Waals surface area (Å²) < 4.78 is 19.0. The molecule has 0 radical (unpaired) electrons. The highest BCUT2D eigenvalue weighted by atomic mass is 16.5. The van der Waals surface area contributed by atoms with Crippen LogP contribution < -0.4 is 30.2 Å². The van der Waals surface area contributed by atoms with E-state index in [-0.39, 0.29) is 37.6 Å². The van der Waals surface area contributed by atoms with Gasteiger partial charge >= 0.3 is 17.9 Å². The van der Waals surface area contributed by atoms with E-state index in [2.05, 4.69) is 16.0 Å². The summed E-state index contributed by atoms with van der Waals surface area (Å²) in [5.41, 5.74) is 5.57. The number of rotatable bonds is 21. The Kier molecular flexibility index (Phi) is 14.7. The van der Waals surface area contributed by atoms with Gasteiger partial charge in [0.15, 0.2) is 0 Å². The first-order valence-electron chi connectivity index (χ1n) is 21.2. The molecule has 4 aromatic rings. The summed E-state index contributed by atoms with van der Waals surface area (Å²) in [6.45, 7) is 5.39. The molecule has 3 aliphatic rings. The van der Waals surface area contributed by atoms with E-state index < -0.39 is 35.7 Å². The van der Waals surface area contributed by atoms with Gasteiger partial charge in [0.25, 0.3) is 0 Å². The van der Waals surface area contributed by atoms with Crippen LogP contribution in [0.4, 0.5) is 0 Å². The van der Waals surface area contributed by atoms with E-state index in [0.29, 0.717) is 56.1 Å². The van der Waals surface area contributed by atoms with Crippen LogP contribution in [0, 0.1) is 35.5 Å². The first-order chi connectivity index (χ1) is 29.2. The van der Waals surface area contributed by atoms with E-state index >= 15 is 0 Å². The quantitative estimate of drug-likeness (QED) is 0.0581.